The molecule has 3 aromatic carbocycles. The lowest BCUT2D eigenvalue weighted by molar-refractivity contribution is -0.0604. The van der Waals surface area contributed by atoms with Crippen molar-refractivity contribution in [2.24, 2.45) is 0 Å². The topological polar surface area (TPSA) is 169 Å². The molecule has 3 heterocycles. The molecule has 12 nitrogen and oxygen atoms in total. The van der Waals surface area contributed by atoms with Crippen molar-refractivity contribution in [2.45, 2.75) is 24.5 Å². The number of benzene rings is 3. The second-order valence-electron chi connectivity index (χ2n) is 10.0. The quantitative estimate of drug-likeness (QED) is 0.200. The van der Waals surface area contributed by atoms with E-state index in [9.17, 15) is 19.6 Å². The maximum Gasteiger partial charge on any atom is 0.338 e. The van der Waals surface area contributed by atoms with Gasteiger partial charge in [-0.25, -0.2) is 24.4 Å². The zero-order chi connectivity index (χ0) is 31.3. The minimum atomic E-state index is -1.29. The molecule has 1 fully saturated rings. The average molecular weight is 604 g/mol. The number of nitrogens with two attached hydrogens (primary N) is 1. The molecule has 2 N–H and O–H groups in total. The van der Waals surface area contributed by atoms with Crippen molar-refractivity contribution in [2.75, 3.05) is 12.3 Å². The molecule has 0 radical (unpaired) electrons. The minimum Gasteiger partial charge on any atom is -0.459 e. The van der Waals surface area contributed by atoms with Gasteiger partial charge in [0.2, 0.25) is 0 Å². The van der Waals surface area contributed by atoms with Crippen LogP contribution in [0.3, 0.4) is 0 Å². The summed E-state index contributed by atoms with van der Waals surface area (Å²) in [6.45, 7) is -0.363. The van der Waals surface area contributed by atoms with Crippen LogP contribution in [0.5, 0.6) is 0 Å². The van der Waals surface area contributed by atoms with Gasteiger partial charge in [0.15, 0.2) is 18.4 Å². The van der Waals surface area contributed by atoms with Gasteiger partial charge in [0, 0.05) is 6.20 Å². The summed E-state index contributed by atoms with van der Waals surface area (Å²) in [5, 5.41) is 10.1. The van der Waals surface area contributed by atoms with Gasteiger partial charge in [-0.1, -0.05) is 54.6 Å². The molecule has 6 rings (SSSR count). The van der Waals surface area contributed by atoms with E-state index in [0.29, 0.717) is 5.56 Å². The lowest BCUT2D eigenvalue weighted by atomic mass is 10.1. The summed E-state index contributed by atoms with van der Waals surface area (Å²) >= 11 is 0. The number of carbonyl (C=O) groups excluding carboxylic acids is 3. The van der Waals surface area contributed by atoms with Crippen LogP contribution in [0.1, 0.15) is 42.9 Å². The van der Waals surface area contributed by atoms with Crippen molar-refractivity contribution >= 4 is 34.8 Å². The number of anilines is 1. The van der Waals surface area contributed by atoms with Crippen molar-refractivity contribution in [3.63, 3.8) is 0 Å². The zero-order valence-corrected chi connectivity index (χ0v) is 23.6. The van der Waals surface area contributed by atoms with E-state index in [-0.39, 0.29) is 40.1 Å². The number of ether oxygens (including phenoxy) is 4. The molecule has 45 heavy (non-hydrogen) atoms. The van der Waals surface area contributed by atoms with Crippen molar-refractivity contribution in [1.29, 1.82) is 5.26 Å². The van der Waals surface area contributed by atoms with Crippen LogP contribution >= 0.6 is 0 Å². The molecular formula is C33H25N5O7. The van der Waals surface area contributed by atoms with E-state index >= 15 is 0 Å². The number of rotatable bonds is 8. The van der Waals surface area contributed by atoms with Gasteiger partial charge in [-0.15, -0.1) is 0 Å². The summed E-state index contributed by atoms with van der Waals surface area (Å²) in [5.41, 5.74) is 7.25. The number of fused-ring (bicyclic) bond motifs is 1. The lowest BCUT2D eigenvalue weighted by Crippen LogP contribution is -2.41. The SMILES string of the molecule is N#Cc1cn([C@@H]2O[C@@H](COC(=O)c3ccccc3)[C@H](OC(=O)c3ccccc3)[C@H]2OC(=O)c2ccccc2)c2ncnc(N)c12. The highest BCUT2D eigenvalue weighted by Crippen LogP contribution is 2.38. The molecule has 0 saturated carbocycles. The summed E-state index contributed by atoms with van der Waals surface area (Å²) < 4.78 is 25.4. The first-order valence-electron chi connectivity index (χ1n) is 13.9. The van der Waals surface area contributed by atoms with Crippen molar-refractivity contribution in [1.82, 2.24) is 14.5 Å². The molecule has 0 aliphatic carbocycles. The van der Waals surface area contributed by atoms with Gasteiger partial charge in [0.1, 0.15) is 36.6 Å². The number of hydrogen-bond donors (Lipinski definition) is 1. The number of nitrogen functional groups attached to an aromatic ring is 1. The summed E-state index contributed by atoms with van der Waals surface area (Å²) in [4.78, 5) is 47.9. The predicted molar refractivity (Wildman–Crippen MR) is 159 cm³/mol. The van der Waals surface area contributed by atoms with Gasteiger partial charge in [0.25, 0.3) is 0 Å². The Hall–Kier alpha value is -6.06. The van der Waals surface area contributed by atoms with Crippen LogP contribution in [-0.2, 0) is 18.9 Å². The molecule has 1 aliphatic rings. The Bertz CT molecular complexity index is 1890. The van der Waals surface area contributed by atoms with Crippen molar-refractivity contribution in [3.8, 4) is 6.07 Å². The highest BCUT2D eigenvalue weighted by Gasteiger charge is 2.52. The Morgan fingerprint density at radius 2 is 1.33 bits per heavy atom. The van der Waals surface area contributed by atoms with E-state index < -0.39 is 42.4 Å². The molecule has 12 heteroatoms. The second-order valence-corrected chi connectivity index (χ2v) is 10.0. The first-order chi connectivity index (χ1) is 21.9. The van der Waals surface area contributed by atoms with Crippen molar-refractivity contribution < 1.29 is 33.3 Å². The minimum absolute atomic E-state index is 0.0616. The summed E-state index contributed by atoms with van der Waals surface area (Å²) in [7, 11) is 0. The van der Waals surface area contributed by atoms with Crippen LogP contribution in [-0.4, -0.2) is 57.4 Å². The van der Waals surface area contributed by atoms with E-state index in [0.717, 1.165) is 0 Å². The monoisotopic (exact) mass is 603 g/mol. The molecule has 0 unspecified atom stereocenters. The van der Waals surface area contributed by atoms with Crippen LogP contribution in [0, 0.1) is 11.3 Å². The molecule has 4 atom stereocenters. The van der Waals surface area contributed by atoms with E-state index in [1.165, 1.54) is 17.1 Å². The molecule has 224 valence electrons. The van der Waals surface area contributed by atoms with Gasteiger partial charge in [-0.3, -0.25) is 0 Å². The maximum atomic E-state index is 13.4. The Balaban J connectivity index is 1.41. The largest absolute Gasteiger partial charge is 0.459 e. The first-order valence-corrected chi connectivity index (χ1v) is 13.9. The summed E-state index contributed by atoms with van der Waals surface area (Å²) in [6, 6.07) is 26.9. The fraction of sp³-hybridized carbons (Fsp3) is 0.152. The third kappa shape index (κ3) is 5.93. The standard InChI is InChI=1S/C33H25N5O7/c34-16-23-17-38(29-25(23)28(35)36-19-37-29)30-27(45-33(41)22-14-8-3-9-15-22)26(44-32(40)21-12-6-2-7-13-21)24(43-30)18-42-31(39)20-10-4-1-5-11-20/h1-15,17,19,24,26-27,30H,18H2,(H2,35,36,37)/t24-,26-,27+,30+/m0/s1. The summed E-state index contributed by atoms with van der Waals surface area (Å²) in [5.74, 6) is -2.01. The zero-order valence-electron chi connectivity index (χ0n) is 23.6. The first kappa shape index (κ1) is 29.0. The molecule has 2 aromatic heterocycles. The number of carbonyl (C=O) groups is 3. The Morgan fingerprint density at radius 3 is 1.89 bits per heavy atom. The third-order valence-corrected chi connectivity index (χ3v) is 7.21. The van der Waals surface area contributed by atoms with Crippen LogP contribution in [0.2, 0.25) is 0 Å². The third-order valence-electron chi connectivity index (χ3n) is 7.21. The Morgan fingerprint density at radius 1 is 0.800 bits per heavy atom. The second kappa shape index (κ2) is 12.7. The molecule has 0 spiro atoms. The molecule has 1 aliphatic heterocycles. The van der Waals surface area contributed by atoms with Crippen LogP contribution in [0.25, 0.3) is 11.0 Å². The number of hydrogen-bond acceptors (Lipinski definition) is 11. The highest BCUT2D eigenvalue weighted by molar-refractivity contribution is 5.93. The van der Waals surface area contributed by atoms with E-state index in [1.54, 1.807) is 91.0 Å². The average Bonchev–Trinajstić information content (AvgIpc) is 3.63. The number of nitrogens with zero attached hydrogens (tertiary/aromatic N) is 4. The normalized spacial score (nSPS) is 19.0. The maximum absolute atomic E-state index is 13.4. The fourth-order valence-corrected chi connectivity index (χ4v) is 5.07. The van der Waals surface area contributed by atoms with Crippen LogP contribution in [0.15, 0.2) is 104 Å². The van der Waals surface area contributed by atoms with Gasteiger partial charge in [-0.2, -0.15) is 5.26 Å². The highest BCUT2D eigenvalue weighted by atomic mass is 16.7. The summed E-state index contributed by atoms with van der Waals surface area (Å²) in [6.07, 6.45) is -2.18. The molecule has 0 amide bonds. The van der Waals surface area contributed by atoms with E-state index in [1.807, 2.05) is 0 Å². The number of aromatic nitrogens is 3. The Kier molecular flexibility index (Phi) is 8.17. The molecule has 0 bridgehead atoms. The fourth-order valence-electron chi connectivity index (χ4n) is 5.07. The Labute approximate surface area is 256 Å². The van der Waals surface area contributed by atoms with Gasteiger partial charge < -0.3 is 29.2 Å². The van der Waals surface area contributed by atoms with Crippen LogP contribution in [0.4, 0.5) is 5.82 Å². The van der Waals surface area contributed by atoms with Crippen LogP contribution < -0.4 is 5.73 Å². The predicted octanol–water partition coefficient (Wildman–Crippen LogP) is 4.09. The van der Waals surface area contributed by atoms with Gasteiger partial charge >= 0.3 is 17.9 Å². The van der Waals surface area contributed by atoms with Crippen molar-refractivity contribution in [3.05, 3.63) is 126 Å². The van der Waals surface area contributed by atoms with Gasteiger partial charge in [-0.05, 0) is 36.4 Å². The van der Waals surface area contributed by atoms with Gasteiger partial charge in [0.05, 0.1) is 27.6 Å². The molecule has 5 aromatic rings. The smallest absolute Gasteiger partial charge is 0.338 e. The number of nitriles is 1. The molecular weight excluding hydrogens is 578 g/mol. The van der Waals surface area contributed by atoms with E-state index in [2.05, 4.69) is 16.0 Å². The molecule has 1 saturated heterocycles. The number of esters is 3. The lowest BCUT2D eigenvalue weighted by Gasteiger charge is -2.25. The van der Waals surface area contributed by atoms with E-state index in [4.69, 9.17) is 24.7 Å².